The maximum atomic E-state index is 13.2. The summed E-state index contributed by atoms with van der Waals surface area (Å²) in [5, 5.41) is 0. The van der Waals surface area contributed by atoms with Gasteiger partial charge >= 0.3 is 5.97 Å². The first-order valence-corrected chi connectivity index (χ1v) is 13.2. The fourth-order valence-electron chi connectivity index (χ4n) is 4.53. The summed E-state index contributed by atoms with van der Waals surface area (Å²) in [5.41, 5.74) is 2.70. The number of ketones is 2. The Labute approximate surface area is 234 Å². The number of hydrogen-bond acceptors (Lipinski definition) is 8. The molecule has 0 bridgehead atoms. The number of esters is 1. The number of hydrogen-bond donors (Lipinski definition) is 0. The second kappa shape index (κ2) is 14.6. The van der Waals surface area contributed by atoms with E-state index in [-0.39, 0.29) is 26.4 Å². The van der Waals surface area contributed by atoms with Gasteiger partial charge in [-0.3, -0.25) is 14.4 Å². The van der Waals surface area contributed by atoms with E-state index in [0.717, 1.165) is 16.7 Å². The van der Waals surface area contributed by atoms with Crippen LogP contribution >= 0.6 is 0 Å². The normalized spacial score (nSPS) is 22.4. The lowest BCUT2D eigenvalue weighted by atomic mass is 9.91. The third-order valence-electron chi connectivity index (χ3n) is 6.55. The van der Waals surface area contributed by atoms with Gasteiger partial charge in [0.2, 0.25) is 5.78 Å². The summed E-state index contributed by atoms with van der Waals surface area (Å²) in [6, 6.07) is 28.6. The number of benzene rings is 3. The number of ether oxygens (including phenoxy) is 5. The second-order valence-corrected chi connectivity index (χ2v) is 9.60. The lowest BCUT2D eigenvalue weighted by Gasteiger charge is -2.45. The van der Waals surface area contributed by atoms with Crippen molar-refractivity contribution >= 4 is 17.5 Å². The molecule has 40 heavy (non-hydrogen) atoms. The number of carbonyl (C=O) groups is 3. The van der Waals surface area contributed by atoms with Gasteiger partial charge in [-0.1, -0.05) is 91.0 Å². The molecule has 0 amide bonds. The Morgan fingerprint density at radius 1 is 0.625 bits per heavy atom. The monoisotopic (exact) mass is 546 g/mol. The molecular formula is C32H34O8. The molecule has 8 heteroatoms. The summed E-state index contributed by atoms with van der Waals surface area (Å²) in [7, 11) is 0. The van der Waals surface area contributed by atoms with E-state index in [1.807, 2.05) is 91.0 Å². The van der Waals surface area contributed by atoms with Gasteiger partial charge in [-0.25, -0.2) is 0 Å². The molecule has 1 aliphatic heterocycles. The van der Waals surface area contributed by atoms with Gasteiger partial charge in [0.05, 0.1) is 19.8 Å². The molecule has 0 radical (unpaired) electrons. The Morgan fingerprint density at radius 3 is 1.48 bits per heavy atom. The van der Waals surface area contributed by atoms with Crippen LogP contribution in [-0.4, -0.2) is 54.7 Å². The van der Waals surface area contributed by atoms with Crippen LogP contribution in [-0.2, 0) is 57.9 Å². The largest absolute Gasteiger partial charge is 0.463 e. The van der Waals surface area contributed by atoms with Gasteiger partial charge in [0.15, 0.2) is 11.9 Å². The maximum absolute atomic E-state index is 13.2. The van der Waals surface area contributed by atoms with E-state index in [0.29, 0.717) is 0 Å². The zero-order valence-electron chi connectivity index (χ0n) is 22.6. The van der Waals surface area contributed by atoms with E-state index in [1.165, 1.54) is 13.8 Å². The van der Waals surface area contributed by atoms with E-state index < -0.39 is 48.1 Å². The van der Waals surface area contributed by atoms with Crippen LogP contribution in [0.2, 0.25) is 0 Å². The van der Waals surface area contributed by atoms with E-state index in [4.69, 9.17) is 23.7 Å². The van der Waals surface area contributed by atoms with E-state index in [1.54, 1.807) is 0 Å². The van der Waals surface area contributed by atoms with Gasteiger partial charge < -0.3 is 23.7 Å². The topological polar surface area (TPSA) is 97.4 Å². The molecule has 0 N–H and O–H groups in total. The van der Waals surface area contributed by atoms with Crippen LogP contribution in [0.3, 0.4) is 0 Å². The standard InChI is InChI=1S/C32H34O8/c1-22(33)28(35)30-32(39-20-26-16-10-5-11-17-26)31(38-19-25-14-8-4-9-15-25)29(27(40-30)21-36-23(2)34)37-18-24-12-6-3-7-13-24/h3-17,27,29-32H,18-21H2,1-2H3/t27-,29-,30-,31+,32+/m1/s1. The van der Waals surface area contributed by atoms with Gasteiger partial charge in [-0.05, 0) is 16.7 Å². The highest BCUT2D eigenvalue weighted by atomic mass is 16.6. The lowest BCUT2D eigenvalue weighted by molar-refractivity contribution is -0.265. The highest BCUT2D eigenvalue weighted by molar-refractivity contribution is 6.38. The average Bonchev–Trinajstić information content (AvgIpc) is 2.98. The summed E-state index contributed by atoms with van der Waals surface area (Å²) >= 11 is 0. The molecule has 3 aromatic rings. The molecule has 1 saturated heterocycles. The molecular weight excluding hydrogens is 512 g/mol. The van der Waals surface area contributed by atoms with Gasteiger partial charge in [-0.15, -0.1) is 0 Å². The van der Waals surface area contributed by atoms with Crippen LogP contribution in [0.4, 0.5) is 0 Å². The Bertz CT molecular complexity index is 1230. The smallest absolute Gasteiger partial charge is 0.302 e. The molecule has 0 spiro atoms. The minimum Gasteiger partial charge on any atom is -0.463 e. The highest BCUT2D eigenvalue weighted by Crippen LogP contribution is 2.31. The third kappa shape index (κ3) is 8.16. The molecule has 8 nitrogen and oxygen atoms in total. The Hall–Kier alpha value is -3.69. The maximum Gasteiger partial charge on any atom is 0.302 e. The zero-order valence-corrected chi connectivity index (χ0v) is 22.6. The molecule has 4 rings (SSSR count). The van der Waals surface area contributed by atoms with Crippen LogP contribution in [0.5, 0.6) is 0 Å². The van der Waals surface area contributed by atoms with Crippen LogP contribution < -0.4 is 0 Å². The molecule has 5 atom stereocenters. The molecule has 0 saturated carbocycles. The molecule has 1 aliphatic rings. The van der Waals surface area contributed by atoms with E-state index in [9.17, 15) is 14.4 Å². The summed E-state index contributed by atoms with van der Waals surface area (Å²) in [6.45, 7) is 2.86. The van der Waals surface area contributed by atoms with Gasteiger partial charge in [0, 0.05) is 13.8 Å². The second-order valence-electron chi connectivity index (χ2n) is 9.60. The van der Waals surface area contributed by atoms with Crippen LogP contribution in [0, 0.1) is 0 Å². The van der Waals surface area contributed by atoms with Crippen LogP contribution in [0.1, 0.15) is 30.5 Å². The quantitative estimate of drug-likeness (QED) is 0.232. The predicted molar refractivity (Wildman–Crippen MR) is 146 cm³/mol. The molecule has 0 aliphatic carbocycles. The predicted octanol–water partition coefficient (Wildman–Crippen LogP) is 4.23. The summed E-state index contributed by atoms with van der Waals surface area (Å²) in [5.74, 6) is -1.93. The number of carbonyl (C=O) groups excluding carboxylic acids is 3. The van der Waals surface area contributed by atoms with Crippen LogP contribution in [0.15, 0.2) is 91.0 Å². The first-order valence-electron chi connectivity index (χ1n) is 13.2. The molecule has 1 heterocycles. The molecule has 3 aromatic carbocycles. The molecule has 0 aromatic heterocycles. The van der Waals surface area contributed by atoms with Crippen molar-refractivity contribution in [1.82, 2.24) is 0 Å². The van der Waals surface area contributed by atoms with Crippen molar-refractivity contribution in [2.75, 3.05) is 6.61 Å². The lowest BCUT2D eigenvalue weighted by Crippen LogP contribution is -2.63. The number of rotatable bonds is 13. The number of Topliss-reactive ketones (excluding diaryl/α,β-unsaturated/α-hetero) is 2. The first kappa shape index (κ1) is 29.3. The average molecular weight is 547 g/mol. The van der Waals surface area contributed by atoms with Gasteiger partial charge in [0.25, 0.3) is 0 Å². The Kier molecular flexibility index (Phi) is 10.7. The van der Waals surface area contributed by atoms with Crippen molar-refractivity contribution in [3.63, 3.8) is 0 Å². The fraction of sp³-hybridized carbons (Fsp3) is 0.344. The van der Waals surface area contributed by atoms with Gasteiger partial charge in [-0.2, -0.15) is 0 Å². The van der Waals surface area contributed by atoms with Crippen molar-refractivity contribution < 1.29 is 38.1 Å². The van der Waals surface area contributed by atoms with E-state index in [2.05, 4.69) is 0 Å². The minimum absolute atomic E-state index is 0.155. The summed E-state index contributed by atoms with van der Waals surface area (Å²) < 4.78 is 30.6. The fourth-order valence-corrected chi connectivity index (χ4v) is 4.53. The Morgan fingerprint density at radius 2 is 1.05 bits per heavy atom. The van der Waals surface area contributed by atoms with Crippen molar-refractivity contribution in [3.8, 4) is 0 Å². The summed E-state index contributed by atoms with van der Waals surface area (Å²) in [4.78, 5) is 37.1. The van der Waals surface area contributed by atoms with Crippen molar-refractivity contribution in [3.05, 3.63) is 108 Å². The Balaban J connectivity index is 1.68. The van der Waals surface area contributed by atoms with E-state index >= 15 is 0 Å². The van der Waals surface area contributed by atoms with Crippen molar-refractivity contribution in [2.45, 2.75) is 64.2 Å². The highest BCUT2D eigenvalue weighted by Gasteiger charge is 2.51. The van der Waals surface area contributed by atoms with Crippen molar-refractivity contribution in [2.24, 2.45) is 0 Å². The molecule has 210 valence electrons. The third-order valence-corrected chi connectivity index (χ3v) is 6.55. The zero-order chi connectivity index (χ0) is 28.3. The SMILES string of the molecule is CC(=O)OC[C@H]1O[C@H](C(=O)C(C)=O)[C@H](OCc2ccccc2)[C@@H](OCc2ccccc2)[C@@H]1OCc1ccccc1. The first-order chi connectivity index (χ1) is 19.4. The van der Waals surface area contributed by atoms with Crippen molar-refractivity contribution in [1.29, 1.82) is 0 Å². The van der Waals surface area contributed by atoms with Gasteiger partial charge in [0.1, 0.15) is 31.0 Å². The molecule has 1 fully saturated rings. The minimum atomic E-state index is -1.28. The van der Waals surface area contributed by atoms with Crippen LogP contribution in [0.25, 0.3) is 0 Å². The summed E-state index contributed by atoms with van der Waals surface area (Å²) in [6.07, 6.45) is -4.78. The molecule has 0 unspecified atom stereocenters.